The third-order valence-electron chi connectivity index (χ3n) is 3.05. The van der Waals surface area contributed by atoms with Gasteiger partial charge in [-0.25, -0.2) is 8.78 Å². The average Bonchev–Trinajstić information content (AvgIpc) is 2.78. The number of nitrogens with one attached hydrogen (secondary N) is 3. The van der Waals surface area contributed by atoms with Crippen molar-refractivity contribution in [2.75, 3.05) is 18.9 Å². The number of halogens is 2. The molecule has 1 fully saturated rings. The highest BCUT2D eigenvalue weighted by molar-refractivity contribution is 5.98. The molecule has 0 aromatic heterocycles. The number of alkyl halides is 2. The summed E-state index contributed by atoms with van der Waals surface area (Å²) < 4.78 is 26.0. The molecule has 0 spiro atoms. The first-order chi connectivity index (χ1) is 9.41. The Morgan fingerprint density at radius 2 is 2.15 bits per heavy atom. The predicted octanol–water partition coefficient (Wildman–Crippen LogP) is 0.982. The molecule has 1 aromatic carbocycles. The Bertz CT molecular complexity index is 534. The lowest BCUT2D eigenvalue weighted by atomic mass is 10.1. The summed E-state index contributed by atoms with van der Waals surface area (Å²) in [5.74, 6) is -3.67. The van der Waals surface area contributed by atoms with Crippen molar-refractivity contribution in [3.05, 3.63) is 29.8 Å². The van der Waals surface area contributed by atoms with Crippen molar-refractivity contribution in [1.29, 1.82) is 0 Å². The zero-order valence-electron chi connectivity index (χ0n) is 10.9. The van der Waals surface area contributed by atoms with E-state index in [9.17, 15) is 18.4 Å². The van der Waals surface area contributed by atoms with Gasteiger partial charge in [0.2, 0.25) is 5.91 Å². The Morgan fingerprint density at radius 1 is 1.40 bits per heavy atom. The molecule has 1 aliphatic heterocycles. The third-order valence-corrected chi connectivity index (χ3v) is 3.05. The van der Waals surface area contributed by atoms with Crippen LogP contribution in [0.5, 0.6) is 0 Å². The van der Waals surface area contributed by atoms with Crippen LogP contribution in [0.25, 0.3) is 0 Å². The van der Waals surface area contributed by atoms with Gasteiger partial charge in [0.25, 0.3) is 11.8 Å². The normalized spacial score (nSPS) is 20.4. The van der Waals surface area contributed by atoms with E-state index in [1.54, 1.807) is 18.2 Å². The molecule has 0 bridgehead atoms. The van der Waals surface area contributed by atoms with Gasteiger partial charge in [0.15, 0.2) is 0 Å². The molecule has 0 radical (unpaired) electrons. The maximum absolute atomic E-state index is 13.0. The minimum absolute atomic E-state index is 0.286. The van der Waals surface area contributed by atoms with E-state index in [4.69, 9.17) is 0 Å². The number of anilines is 1. The molecule has 20 heavy (non-hydrogen) atoms. The second-order valence-electron chi connectivity index (χ2n) is 4.64. The molecule has 1 atom stereocenters. The fourth-order valence-corrected chi connectivity index (χ4v) is 2.01. The van der Waals surface area contributed by atoms with Gasteiger partial charge in [0.05, 0.1) is 12.6 Å². The monoisotopic (exact) mass is 283 g/mol. The van der Waals surface area contributed by atoms with Gasteiger partial charge in [0, 0.05) is 24.7 Å². The van der Waals surface area contributed by atoms with Crippen LogP contribution in [0.2, 0.25) is 0 Å². The Kier molecular flexibility index (Phi) is 3.99. The van der Waals surface area contributed by atoms with Gasteiger partial charge in [-0.05, 0) is 18.2 Å². The van der Waals surface area contributed by atoms with Gasteiger partial charge in [0.1, 0.15) is 0 Å². The van der Waals surface area contributed by atoms with Crippen LogP contribution in [0.15, 0.2) is 24.3 Å². The van der Waals surface area contributed by atoms with Crippen molar-refractivity contribution >= 4 is 17.5 Å². The number of hydrogen-bond donors (Lipinski definition) is 3. The quantitative estimate of drug-likeness (QED) is 0.774. The fraction of sp³-hybridized carbons (Fsp3) is 0.385. The molecule has 3 N–H and O–H groups in total. The van der Waals surface area contributed by atoms with Crippen LogP contribution in [-0.2, 0) is 4.79 Å². The highest BCUT2D eigenvalue weighted by atomic mass is 19.3. The molecular formula is C13H15F2N3O2. The van der Waals surface area contributed by atoms with Crippen LogP contribution in [0, 0.1) is 0 Å². The number of benzene rings is 1. The standard InChI is InChI=1S/C13H15F2N3O2/c1-16-11(19)8-3-2-4-9(5-8)18-12(20)10-6-13(14,15)7-17-10/h2-5,10,17H,6-7H2,1H3,(H,16,19)(H,18,20). The summed E-state index contributed by atoms with van der Waals surface area (Å²) in [6.45, 7) is -0.497. The number of carbonyl (C=O) groups excluding carboxylic acids is 2. The lowest BCUT2D eigenvalue weighted by Gasteiger charge is -2.12. The van der Waals surface area contributed by atoms with E-state index < -0.39 is 30.8 Å². The van der Waals surface area contributed by atoms with Gasteiger partial charge in [-0.15, -0.1) is 0 Å². The molecule has 2 rings (SSSR count). The minimum atomic E-state index is -2.86. The topological polar surface area (TPSA) is 70.2 Å². The Hall–Kier alpha value is -2.02. The van der Waals surface area contributed by atoms with Gasteiger partial charge < -0.3 is 10.6 Å². The van der Waals surface area contributed by atoms with Crippen molar-refractivity contribution in [1.82, 2.24) is 10.6 Å². The molecule has 1 heterocycles. The number of rotatable bonds is 3. The number of hydrogen-bond acceptors (Lipinski definition) is 3. The van der Waals surface area contributed by atoms with E-state index in [2.05, 4.69) is 16.0 Å². The van der Waals surface area contributed by atoms with E-state index >= 15 is 0 Å². The summed E-state index contributed by atoms with van der Waals surface area (Å²) >= 11 is 0. The Labute approximate surface area is 114 Å². The molecule has 1 unspecified atom stereocenters. The van der Waals surface area contributed by atoms with Crippen molar-refractivity contribution in [2.45, 2.75) is 18.4 Å². The van der Waals surface area contributed by atoms with Crippen LogP contribution >= 0.6 is 0 Å². The van der Waals surface area contributed by atoms with Gasteiger partial charge in [-0.2, -0.15) is 0 Å². The number of amides is 2. The maximum Gasteiger partial charge on any atom is 0.262 e. The highest BCUT2D eigenvalue weighted by Gasteiger charge is 2.42. The van der Waals surface area contributed by atoms with E-state index in [0.717, 1.165) is 0 Å². The van der Waals surface area contributed by atoms with Crippen LogP contribution in [-0.4, -0.2) is 37.4 Å². The van der Waals surface area contributed by atoms with Crippen molar-refractivity contribution < 1.29 is 18.4 Å². The molecule has 7 heteroatoms. The minimum Gasteiger partial charge on any atom is -0.355 e. The van der Waals surface area contributed by atoms with E-state index in [0.29, 0.717) is 11.3 Å². The first-order valence-corrected chi connectivity index (χ1v) is 6.15. The second kappa shape index (κ2) is 5.54. The van der Waals surface area contributed by atoms with Crippen molar-refractivity contribution in [3.63, 3.8) is 0 Å². The Balaban J connectivity index is 2.03. The van der Waals surface area contributed by atoms with Gasteiger partial charge in [-0.3, -0.25) is 14.9 Å². The zero-order valence-corrected chi connectivity index (χ0v) is 10.9. The van der Waals surface area contributed by atoms with Crippen molar-refractivity contribution in [3.8, 4) is 0 Å². The molecule has 5 nitrogen and oxygen atoms in total. The molecule has 0 aliphatic carbocycles. The summed E-state index contributed by atoms with van der Waals surface area (Å²) in [4.78, 5) is 23.3. The van der Waals surface area contributed by atoms with Crippen LogP contribution in [0.3, 0.4) is 0 Å². The number of carbonyl (C=O) groups is 2. The SMILES string of the molecule is CNC(=O)c1cccc(NC(=O)C2CC(F)(F)CN2)c1. The van der Waals surface area contributed by atoms with E-state index in [1.165, 1.54) is 13.1 Å². The molecule has 0 saturated carbocycles. The van der Waals surface area contributed by atoms with Crippen molar-refractivity contribution in [2.24, 2.45) is 0 Å². The predicted molar refractivity (Wildman–Crippen MR) is 69.8 cm³/mol. The van der Waals surface area contributed by atoms with Crippen LogP contribution in [0.4, 0.5) is 14.5 Å². The lowest BCUT2D eigenvalue weighted by Crippen LogP contribution is -2.35. The largest absolute Gasteiger partial charge is 0.355 e. The van der Waals surface area contributed by atoms with Crippen LogP contribution < -0.4 is 16.0 Å². The molecule has 108 valence electrons. The summed E-state index contributed by atoms with van der Waals surface area (Å²) in [5, 5.41) is 7.46. The smallest absolute Gasteiger partial charge is 0.262 e. The average molecular weight is 283 g/mol. The van der Waals surface area contributed by atoms with Gasteiger partial charge >= 0.3 is 0 Å². The van der Waals surface area contributed by atoms with E-state index in [1.807, 2.05) is 0 Å². The van der Waals surface area contributed by atoms with E-state index in [-0.39, 0.29) is 5.91 Å². The summed E-state index contributed by atoms with van der Waals surface area (Å²) in [6.07, 6.45) is -0.520. The molecule has 1 aromatic rings. The Morgan fingerprint density at radius 3 is 2.75 bits per heavy atom. The first-order valence-electron chi connectivity index (χ1n) is 6.15. The first kappa shape index (κ1) is 14.4. The summed E-state index contributed by atoms with van der Waals surface area (Å²) in [6, 6.07) is 5.36. The molecule has 2 amide bonds. The second-order valence-corrected chi connectivity index (χ2v) is 4.64. The summed E-state index contributed by atoms with van der Waals surface area (Å²) in [5.41, 5.74) is 0.781. The fourth-order valence-electron chi connectivity index (χ4n) is 2.01. The summed E-state index contributed by atoms with van der Waals surface area (Å²) in [7, 11) is 1.50. The highest BCUT2D eigenvalue weighted by Crippen LogP contribution is 2.25. The third kappa shape index (κ3) is 3.30. The molecule has 1 aliphatic rings. The maximum atomic E-state index is 13.0. The lowest BCUT2D eigenvalue weighted by molar-refractivity contribution is -0.118. The molecular weight excluding hydrogens is 268 g/mol. The molecule has 1 saturated heterocycles. The van der Waals surface area contributed by atoms with Crippen LogP contribution in [0.1, 0.15) is 16.8 Å². The van der Waals surface area contributed by atoms with Gasteiger partial charge in [-0.1, -0.05) is 6.07 Å². The zero-order chi connectivity index (χ0) is 14.8.